The zero-order valence-corrected chi connectivity index (χ0v) is 12.3. The summed E-state index contributed by atoms with van der Waals surface area (Å²) in [4.78, 5) is 0. The number of hydrogen-bond acceptors (Lipinski definition) is 1. The van der Waals surface area contributed by atoms with Crippen LogP contribution in [0.15, 0.2) is 53.1 Å². The molecular formula is C19H20O. The molecule has 0 bridgehead atoms. The molecule has 20 heavy (non-hydrogen) atoms. The van der Waals surface area contributed by atoms with Gasteiger partial charge in [0.15, 0.2) is 0 Å². The van der Waals surface area contributed by atoms with Gasteiger partial charge in [0.2, 0.25) is 0 Å². The van der Waals surface area contributed by atoms with Crippen LogP contribution in [0.3, 0.4) is 0 Å². The molecule has 0 amide bonds. The van der Waals surface area contributed by atoms with Gasteiger partial charge in [-0.1, -0.05) is 42.0 Å². The molecule has 1 N–H and O–H groups in total. The average Bonchev–Trinajstić information content (AvgIpc) is 2.73. The fourth-order valence-electron chi connectivity index (χ4n) is 3.16. The molecular weight excluding hydrogens is 244 g/mol. The third-order valence-electron chi connectivity index (χ3n) is 4.62. The van der Waals surface area contributed by atoms with Gasteiger partial charge in [0.25, 0.3) is 0 Å². The Morgan fingerprint density at radius 2 is 1.70 bits per heavy atom. The zero-order chi connectivity index (χ0) is 14.3. The maximum atomic E-state index is 9.86. The van der Waals surface area contributed by atoms with Gasteiger partial charge in [-0.25, -0.2) is 0 Å². The zero-order valence-electron chi connectivity index (χ0n) is 12.3. The van der Waals surface area contributed by atoms with E-state index in [1.54, 1.807) is 0 Å². The third kappa shape index (κ3) is 1.90. The van der Waals surface area contributed by atoms with E-state index in [1.807, 2.05) is 12.1 Å². The van der Waals surface area contributed by atoms with Crippen LogP contribution in [-0.2, 0) is 6.61 Å². The monoisotopic (exact) mass is 264 g/mol. The number of benzene rings is 2. The van der Waals surface area contributed by atoms with E-state index in [0.717, 1.165) is 17.4 Å². The summed E-state index contributed by atoms with van der Waals surface area (Å²) in [5, 5.41) is 12.2. The van der Waals surface area contributed by atoms with Crippen molar-refractivity contribution in [1.82, 2.24) is 0 Å². The van der Waals surface area contributed by atoms with E-state index in [9.17, 15) is 5.11 Å². The normalized spacial score (nSPS) is 15.6. The molecule has 0 heterocycles. The minimum absolute atomic E-state index is 0.0889. The molecule has 1 nitrogen and oxygen atoms in total. The van der Waals surface area contributed by atoms with Crippen LogP contribution in [0.2, 0.25) is 0 Å². The highest BCUT2D eigenvalue weighted by atomic mass is 16.3. The second kappa shape index (κ2) is 4.92. The van der Waals surface area contributed by atoms with Crippen molar-refractivity contribution in [2.75, 3.05) is 0 Å². The molecule has 0 unspecified atom stereocenters. The number of aliphatic hydroxyl groups excluding tert-OH is 1. The highest BCUT2D eigenvalue weighted by molar-refractivity contribution is 5.92. The fourth-order valence-corrected chi connectivity index (χ4v) is 3.16. The Morgan fingerprint density at radius 1 is 0.950 bits per heavy atom. The van der Waals surface area contributed by atoms with Crippen molar-refractivity contribution in [3.63, 3.8) is 0 Å². The van der Waals surface area contributed by atoms with Crippen molar-refractivity contribution >= 4 is 16.3 Å². The van der Waals surface area contributed by atoms with Gasteiger partial charge in [-0.3, -0.25) is 0 Å². The molecule has 1 heteroatoms. The third-order valence-corrected chi connectivity index (χ3v) is 4.62. The summed E-state index contributed by atoms with van der Waals surface area (Å²) in [6.45, 7) is 6.67. The fraction of sp³-hybridized carbons (Fsp3) is 0.263. The molecule has 1 aliphatic rings. The van der Waals surface area contributed by atoms with Crippen LogP contribution in [0, 0.1) is 0 Å². The van der Waals surface area contributed by atoms with Crippen molar-refractivity contribution in [2.45, 2.75) is 33.8 Å². The summed E-state index contributed by atoms with van der Waals surface area (Å²) < 4.78 is 0. The summed E-state index contributed by atoms with van der Waals surface area (Å²) in [7, 11) is 0. The molecule has 0 saturated heterocycles. The van der Waals surface area contributed by atoms with Gasteiger partial charge in [0.05, 0.1) is 6.61 Å². The smallest absolute Gasteiger partial charge is 0.0693 e. The predicted octanol–water partition coefficient (Wildman–Crippen LogP) is 4.85. The minimum Gasteiger partial charge on any atom is -0.392 e. The van der Waals surface area contributed by atoms with E-state index >= 15 is 0 Å². The first kappa shape index (κ1) is 13.1. The quantitative estimate of drug-likeness (QED) is 0.822. The highest BCUT2D eigenvalue weighted by Gasteiger charge is 2.19. The Balaban J connectivity index is 2.24. The molecule has 2 aromatic rings. The van der Waals surface area contributed by atoms with Crippen LogP contribution in [0.1, 0.15) is 38.3 Å². The average molecular weight is 264 g/mol. The molecule has 0 atom stereocenters. The van der Waals surface area contributed by atoms with Gasteiger partial charge < -0.3 is 5.11 Å². The van der Waals surface area contributed by atoms with Crippen molar-refractivity contribution in [3.8, 4) is 0 Å². The van der Waals surface area contributed by atoms with E-state index in [1.165, 1.54) is 33.2 Å². The lowest BCUT2D eigenvalue weighted by Gasteiger charge is -2.14. The molecule has 0 saturated carbocycles. The summed E-state index contributed by atoms with van der Waals surface area (Å²) in [5.74, 6) is 0. The van der Waals surface area contributed by atoms with E-state index in [0.29, 0.717) is 0 Å². The summed E-state index contributed by atoms with van der Waals surface area (Å²) in [5.41, 5.74) is 7.84. The SMILES string of the molecule is CC1=C(C)C(C)=C(c2ccc3ccccc3c2CO)C1. The topological polar surface area (TPSA) is 20.2 Å². The second-order valence-corrected chi connectivity index (χ2v) is 5.66. The highest BCUT2D eigenvalue weighted by Crippen LogP contribution is 2.40. The predicted molar refractivity (Wildman–Crippen MR) is 85.5 cm³/mol. The Kier molecular flexibility index (Phi) is 3.23. The number of aliphatic hydroxyl groups is 1. The lowest BCUT2D eigenvalue weighted by Crippen LogP contribution is -1.96. The van der Waals surface area contributed by atoms with Crippen LogP contribution in [0.5, 0.6) is 0 Å². The van der Waals surface area contributed by atoms with Crippen molar-refractivity contribution < 1.29 is 5.11 Å². The molecule has 0 aromatic heterocycles. The first-order valence-corrected chi connectivity index (χ1v) is 7.11. The van der Waals surface area contributed by atoms with Gasteiger partial charge >= 0.3 is 0 Å². The van der Waals surface area contributed by atoms with Crippen molar-refractivity contribution in [2.24, 2.45) is 0 Å². The second-order valence-electron chi connectivity index (χ2n) is 5.66. The van der Waals surface area contributed by atoms with Gasteiger partial charge in [-0.05, 0) is 65.8 Å². The number of rotatable bonds is 2. The van der Waals surface area contributed by atoms with Crippen LogP contribution < -0.4 is 0 Å². The first-order chi connectivity index (χ1) is 9.63. The lowest BCUT2D eigenvalue weighted by atomic mass is 9.92. The Bertz CT molecular complexity index is 747. The largest absolute Gasteiger partial charge is 0.392 e. The Hall–Kier alpha value is -1.86. The van der Waals surface area contributed by atoms with E-state index < -0.39 is 0 Å². The summed E-state index contributed by atoms with van der Waals surface area (Å²) >= 11 is 0. The van der Waals surface area contributed by atoms with Gasteiger partial charge in [-0.15, -0.1) is 0 Å². The number of hydrogen-bond donors (Lipinski definition) is 1. The lowest BCUT2D eigenvalue weighted by molar-refractivity contribution is 0.283. The molecule has 0 fully saturated rings. The number of fused-ring (bicyclic) bond motifs is 1. The number of allylic oxidation sites excluding steroid dienone is 4. The molecule has 0 spiro atoms. The first-order valence-electron chi connectivity index (χ1n) is 7.11. The Labute approximate surface area is 120 Å². The van der Waals surface area contributed by atoms with Gasteiger partial charge in [-0.2, -0.15) is 0 Å². The van der Waals surface area contributed by atoms with Crippen LogP contribution >= 0.6 is 0 Å². The van der Waals surface area contributed by atoms with Crippen molar-refractivity contribution in [3.05, 3.63) is 64.2 Å². The standard InChI is InChI=1S/C19H20O/c1-12-10-18(14(3)13(12)2)17-9-8-15-6-4-5-7-16(15)19(17)11-20/h4-9,20H,10-11H2,1-3H3. The molecule has 2 aromatic carbocycles. The summed E-state index contributed by atoms with van der Waals surface area (Å²) in [6.07, 6.45) is 1.00. The van der Waals surface area contributed by atoms with Gasteiger partial charge in [0, 0.05) is 0 Å². The molecule has 1 aliphatic carbocycles. The van der Waals surface area contributed by atoms with Crippen molar-refractivity contribution in [1.29, 1.82) is 0 Å². The molecule has 0 aliphatic heterocycles. The van der Waals surface area contributed by atoms with E-state index in [4.69, 9.17) is 0 Å². The van der Waals surface area contributed by atoms with E-state index in [2.05, 4.69) is 45.0 Å². The van der Waals surface area contributed by atoms with E-state index in [-0.39, 0.29) is 6.61 Å². The van der Waals surface area contributed by atoms with Crippen LogP contribution in [0.25, 0.3) is 16.3 Å². The van der Waals surface area contributed by atoms with Gasteiger partial charge in [0.1, 0.15) is 0 Å². The molecule has 3 rings (SSSR count). The van der Waals surface area contributed by atoms with Crippen LogP contribution in [-0.4, -0.2) is 5.11 Å². The molecule has 0 radical (unpaired) electrons. The summed E-state index contributed by atoms with van der Waals surface area (Å²) in [6, 6.07) is 12.6. The Morgan fingerprint density at radius 3 is 2.35 bits per heavy atom. The molecule has 102 valence electrons. The minimum atomic E-state index is 0.0889. The maximum absolute atomic E-state index is 9.86. The maximum Gasteiger partial charge on any atom is 0.0693 e. The van der Waals surface area contributed by atoms with Crippen LogP contribution in [0.4, 0.5) is 0 Å².